The molecule has 0 aromatic carbocycles. The van der Waals surface area contributed by atoms with Crippen LogP contribution in [-0.2, 0) is 0 Å². The molecule has 0 atom stereocenters. The van der Waals surface area contributed by atoms with E-state index < -0.39 is 0 Å². The van der Waals surface area contributed by atoms with E-state index in [0.717, 1.165) is 37.3 Å². The van der Waals surface area contributed by atoms with Gasteiger partial charge in [0.2, 0.25) is 5.95 Å². The fraction of sp³-hybridized carbons (Fsp3) is 0.833. The van der Waals surface area contributed by atoms with Crippen LogP contribution in [0.4, 0.5) is 5.95 Å². The van der Waals surface area contributed by atoms with E-state index in [4.69, 9.17) is 0 Å². The molecule has 1 saturated heterocycles. The molecule has 17 heavy (non-hydrogen) atoms. The maximum absolute atomic E-state index is 4.61. The molecule has 1 saturated carbocycles. The number of nitrogens with zero attached hydrogens (tertiary/aromatic N) is 3. The quantitative estimate of drug-likeness (QED) is 0.821. The van der Waals surface area contributed by atoms with Crippen LogP contribution in [0.3, 0.4) is 0 Å². The molecular weight excluding hydrogens is 214 g/mol. The highest BCUT2D eigenvalue weighted by Gasteiger charge is 2.28. The van der Waals surface area contributed by atoms with Crippen LogP contribution >= 0.6 is 0 Å². The smallest absolute Gasteiger partial charge is 0.244 e. The number of aromatic amines is 1. The SMILES string of the molecule is CNCC1CCN(c2n[nH]c(C3CC3)n2)CC1. The van der Waals surface area contributed by atoms with Crippen LogP contribution < -0.4 is 10.2 Å². The van der Waals surface area contributed by atoms with Crippen LogP contribution in [0.15, 0.2) is 0 Å². The predicted octanol–water partition coefficient (Wildman–Crippen LogP) is 1.12. The molecule has 1 aromatic rings. The third-order valence-electron chi connectivity index (χ3n) is 3.85. The van der Waals surface area contributed by atoms with Gasteiger partial charge in [-0.2, -0.15) is 4.98 Å². The lowest BCUT2D eigenvalue weighted by molar-refractivity contribution is 0.391. The second kappa shape index (κ2) is 4.64. The molecule has 0 amide bonds. The van der Waals surface area contributed by atoms with Crippen molar-refractivity contribution in [1.29, 1.82) is 0 Å². The summed E-state index contributed by atoms with van der Waals surface area (Å²) in [7, 11) is 2.03. The monoisotopic (exact) mass is 235 g/mol. The highest BCUT2D eigenvalue weighted by atomic mass is 15.4. The fourth-order valence-electron chi connectivity index (χ4n) is 2.57. The standard InChI is InChI=1S/C12H21N5/c1-13-8-9-4-6-17(7-5-9)12-14-11(15-16-12)10-2-3-10/h9-10,13H,2-8H2,1H3,(H,14,15,16). The summed E-state index contributed by atoms with van der Waals surface area (Å²) in [4.78, 5) is 6.92. The summed E-state index contributed by atoms with van der Waals surface area (Å²) in [6, 6.07) is 0. The number of hydrogen-bond acceptors (Lipinski definition) is 4. The summed E-state index contributed by atoms with van der Waals surface area (Å²) in [5, 5.41) is 10.7. The normalized spacial score (nSPS) is 22.1. The van der Waals surface area contributed by atoms with Gasteiger partial charge in [-0.25, -0.2) is 0 Å². The van der Waals surface area contributed by atoms with E-state index in [0.29, 0.717) is 5.92 Å². The third kappa shape index (κ3) is 2.44. The molecule has 5 heteroatoms. The summed E-state index contributed by atoms with van der Waals surface area (Å²) in [5.41, 5.74) is 0. The lowest BCUT2D eigenvalue weighted by Gasteiger charge is -2.30. The van der Waals surface area contributed by atoms with E-state index in [-0.39, 0.29) is 0 Å². The van der Waals surface area contributed by atoms with Gasteiger partial charge in [0.15, 0.2) is 0 Å². The summed E-state index contributed by atoms with van der Waals surface area (Å²) in [5.74, 6) is 3.49. The number of hydrogen-bond donors (Lipinski definition) is 2. The lowest BCUT2D eigenvalue weighted by atomic mass is 9.97. The molecule has 3 rings (SSSR count). The minimum Gasteiger partial charge on any atom is -0.340 e. The van der Waals surface area contributed by atoms with E-state index in [9.17, 15) is 0 Å². The highest BCUT2D eigenvalue weighted by molar-refractivity contribution is 5.30. The number of piperidine rings is 1. The topological polar surface area (TPSA) is 56.8 Å². The molecule has 94 valence electrons. The first kappa shape index (κ1) is 11.0. The van der Waals surface area contributed by atoms with Crippen molar-refractivity contribution in [3.63, 3.8) is 0 Å². The maximum atomic E-state index is 4.61. The van der Waals surface area contributed by atoms with Gasteiger partial charge in [-0.3, -0.25) is 5.10 Å². The zero-order valence-electron chi connectivity index (χ0n) is 10.4. The van der Waals surface area contributed by atoms with Crippen molar-refractivity contribution in [2.24, 2.45) is 5.92 Å². The molecule has 2 N–H and O–H groups in total. The number of rotatable bonds is 4. The van der Waals surface area contributed by atoms with E-state index in [1.54, 1.807) is 0 Å². The van der Waals surface area contributed by atoms with Crippen molar-refractivity contribution >= 4 is 5.95 Å². The van der Waals surface area contributed by atoms with Gasteiger partial charge < -0.3 is 10.2 Å². The molecule has 2 heterocycles. The van der Waals surface area contributed by atoms with Gasteiger partial charge in [0, 0.05) is 19.0 Å². The Kier molecular flexibility index (Phi) is 3.01. The average molecular weight is 235 g/mol. The Balaban J connectivity index is 1.57. The molecule has 5 nitrogen and oxygen atoms in total. The second-order valence-corrected chi connectivity index (χ2v) is 5.28. The van der Waals surface area contributed by atoms with Crippen LogP contribution in [0.2, 0.25) is 0 Å². The number of H-pyrrole nitrogens is 1. The highest BCUT2D eigenvalue weighted by Crippen LogP contribution is 2.38. The Morgan fingerprint density at radius 1 is 1.29 bits per heavy atom. The van der Waals surface area contributed by atoms with Crippen molar-refractivity contribution in [1.82, 2.24) is 20.5 Å². The molecule has 1 aliphatic carbocycles. The summed E-state index contributed by atoms with van der Waals surface area (Å²) in [6.07, 6.45) is 5.04. The first-order chi connectivity index (χ1) is 8.36. The van der Waals surface area contributed by atoms with Crippen molar-refractivity contribution in [3.8, 4) is 0 Å². The van der Waals surface area contributed by atoms with Crippen LogP contribution in [0, 0.1) is 5.92 Å². The minimum absolute atomic E-state index is 0.665. The van der Waals surface area contributed by atoms with E-state index in [1.807, 2.05) is 7.05 Å². The molecule has 0 bridgehead atoms. The predicted molar refractivity (Wildman–Crippen MR) is 67.2 cm³/mol. The van der Waals surface area contributed by atoms with E-state index in [2.05, 4.69) is 25.4 Å². The number of aromatic nitrogens is 3. The first-order valence-electron chi connectivity index (χ1n) is 6.68. The van der Waals surface area contributed by atoms with Gasteiger partial charge in [-0.1, -0.05) is 0 Å². The van der Waals surface area contributed by atoms with Crippen molar-refractivity contribution in [2.45, 2.75) is 31.6 Å². The summed E-state index contributed by atoms with van der Waals surface area (Å²) >= 11 is 0. The Morgan fingerprint density at radius 2 is 2.06 bits per heavy atom. The van der Waals surface area contributed by atoms with Crippen molar-refractivity contribution in [3.05, 3.63) is 5.82 Å². The fourth-order valence-corrected chi connectivity index (χ4v) is 2.57. The molecule has 0 spiro atoms. The van der Waals surface area contributed by atoms with Gasteiger partial charge in [0.1, 0.15) is 5.82 Å². The van der Waals surface area contributed by atoms with Crippen molar-refractivity contribution < 1.29 is 0 Å². The van der Waals surface area contributed by atoms with E-state index in [1.165, 1.54) is 25.7 Å². The third-order valence-corrected chi connectivity index (χ3v) is 3.85. The number of nitrogens with one attached hydrogen (secondary N) is 2. The Bertz CT molecular complexity index is 363. The number of anilines is 1. The summed E-state index contributed by atoms with van der Waals surface area (Å²) in [6.45, 7) is 3.32. The van der Waals surface area contributed by atoms with Crippen molar-refractivity contribution in [2.75, 3.05) is 31.6 Å². The molecule has 2 fully saturated rings. The van der Waals surface area contributed by atoms with Gasteiger partial charge in [-0.15, -0.1) is 5.10 Å². The van der Waals surface area contributed by atoms with Gasteiger partial charge in [-0.05, 0) is 45.2 Å². The van der Waals surface area contributed by atoms with Gasteiger partial charge in [0.25, 0.3) is 0 Å². The maximum Gasteiger partial charge on any atom is 0.244 e. The molecule has 1 aliphatic heterocycles. The van der Waals surface area contributed by atoms with Crippen LogP contribution in [0.5, 0.6) is 0 Å². The minimum atomic E-state index is 0.665. The van der Waals surface area contributed by atoms with Crippen LogP contribution in [0.1, 0.15) is 37.4 Å². The Hall–Kier alpha value is -1.10. The molecule has 0 unspecified atom stereocenters. The largest absolute Gasteiger partial charge is 0.340 e. The molecule has 0 radical (unpaired) electrons. The molecule has 2 aliphatic rings. The van der Waals surface area contributed by atoms with E-state index >= 15 is 0 Å². The molecule has 1 aromatic heterocycles. The Labute approximate surface area is 102 Å². The van der Waals surface area contributed by atoms with Crippen LogP contribution in [0.25, 0.3) is 0 Å². The molecular formula is C12H21N5. The Morgan fingerprint density at radius 3 is 2.71 bits per heavy atom. The van der Waals surface area contributed by atoms with Gasteiger partial charge >= 0.3 is 0 Å². The lowest BCUT2D eigenvalue weighted by Crippen LogP contribution is -2.37. The zero-order chi connectivity index (χ0) is 11.7. The van der Waals surface area contributed by atoms with Gasteiger partial charge in [0.05, 0.1) is 0 Å². The zero-order valence-corrected chi connectivity index (χ0v) is 10.4. The first-order valence-corrected chi connectivity index (χ1v) is 6.68. The van der Waals surface area contributed by atoms with Crippen LogP contribution in [-0.4, -0.2) is 41.9 Å². The average Bonchev–Trinajstić information content (AvgIpc) is 3.09. The second-order valence-electron chi connectivity index (χ2n) is 5.28. The summed E-state index contributed by atoms with van der Waals surface area (Å²) < 4.78 is 0.